The number of ether oxygens (including phenoxy) is 2. The van der Waals surface area contributed by atoms with E-state index < -0.39 is 0 Å². The van der Waals surface area contributed by atoms with Gasteiger partial charge in [0, 0.05) is 38.3 Å². The summed E-state index contributed by atoms with van der Waals surface area (Å²) >= 11 is 0. The van der Waals surface area contributed by atoms with Gasteiger partial charge in [-0.1, -0.05) is 0 Å². The zero-order chi connectivity index (χ0) is 16.4. The van der Waals surface area contributed by atoms with Gasteiger partial charge < -0.3 is 14.4 Å². The maximum Gasteiger partial charge on any atom is 0.274 e. The predicted octanol–water partition coefficient (Wildman–Crippen LogP) is 2.32. The smallest absolute Gasteiger partial charge is 0.274 e. The summed E-state index contributed by atoms with van der Waals surface area (Å²) in [6.07, 6.45) is 2.89. The molecule has 3 heterocycles. The third-order valence-corrected chi connectivity index (χ3v) is 4.92. The molecule has 0 unspecified atom stereocenters. The minimum absolute atomic E-state index is 0.0339. The van der Waals surface area contributed by atoms with Crippen molar-refractivity contribution in [2.75, 3.05) is 26.3 Å². The molecule has 1 saturated heterocycles. The quantitative estimate of drug-likeness (QED) is 0.924. The summed E-state index contributed by atoms with van der Waals surface area (Å²) in [6, 6.07) is 0. The fourth-order valence-corrected chi connectivity index (χ4v) is 3.60. The third-order valence-electron chi connectivity index (χ3n) is 4.92. The molecule has 1 amide bonds. The molecule has 1 N–H and O–H groups in total. The summed E-state index contributed by atoms with van der Waals surface area (Å²) < 4.78 is 11.2. The number of nitrogens with one attached hydrogen (secondary N) is 1. The average molecular weight is 321 g/mol. The van der Waals surface area contributed by atoms with Gasteiger partial charge in [-0.05, 0) is 39.5 Å². The summed E-state index contributed by atoms with van der Waals surface area (Å²) in [5.41, 5.74) is 2.57. The topological polar surface area (TPSA) is 67.5 Å². The molecular weight excluding hydrogens is 294 g/mol. The second kappa shape index (κ2) is 7.01. The van der Waals surface area contributed by atoms with E-state index in [9.17, 15) is 4.79 Å². The Bertz CT molecular complexity index is 551. The number of rotatable bonds is 4. The first-order valence-electron chi connectivity index (χ1n) is 8.69. The zero-order valence-corrected chi connectivity index (χ0v) is 14.3. The number of carbonyl (C=O) groups excluding carboxylic acids is 1. The van der Waals surface area contributed by atoms with E-state index in [4.69, 9.17) is 9.47 Å². The summed E-state index contributed by atoms with van der Waals surface area (Å²) in [5, 5.41) is 7.34. The molecule has 2 atom stereocenters. The Kier molecular flexibility index (Phi) is 5.02. The van der Waals surface area contributed by atoms with Crippen molar-refractivity contribution in [3.8, 4) is 0 Å². The molecule has 0 spiro atoms. The van der Waals surface area contributed by atoms with Gasteiger partial charge in [-0.3, -0.25) is 9.89 Å². The highest BCUT2D eigenvalue weighted by Crippen LogP contribution is 2.30. The van der Waals surface area contributed by atoms with Crippen LogP contribution in [0.5, 0.6) is 0 Å². The zero-order valence-electron chi connectivity index (χ0n) is 14.3. The molecule has 23 heavy (non-hydrogen) atoms. The number of aromatic nitrogens is 2. The molecule has 2 aliphatic rings. The van der Waals surface area contributed by atoms with E-state index in [1.54, 1.807) is 0 Å². The van der Waals surface area contributed by atoms with Crippen LogP contribution in [0.1, 0.15) is 61.5 Å². The van der Waals surface area contributed by atoms with Gasteiger partial charge in [0.1, 0.15) is 0 Å². The van der Waals surface area contributed by atoms with Crippen LogP contribution in [0, 0.1) is 5.92 Å². The summed E-state index contributed by atoms with van der Waals surface area (Å²) in [6.45, 7) is 9.19. The normalized spacial score (nSPS) is 25.2. The Morgan fingerprint density at radius 3 is 2.78 bits per heavy atom. The fourth-order valence-electron chi connectivity index (χ4n) is 3.60. The van der Waals surface area contributed by atoms with Crippen molar-refractivity contribution in [2.24, 2.45) is 5.92 Å². The van der Waals surface area contributed by atoms with Gasteiger partial charge in [0.25, 0.3) is 5.91 Å². The van der Waals surface area contributed by atoms with Gasteiger partial charge in [0.2, 0.25) is 0 Å². The molecule has 0 aromatic carbocycles. The molecule has 1 fully saturated rings. The summed E-state index contributed by atoms with van der Waals surface area (Å²) in [4.78, 5) is 14.9. The van der Waals surface area contributed by atoms with E-state index in [0.717, 1.165) is 50.3 Å². The Hall–Kier alpha value is -1.40. The minimum atomic E-state index is -0.0339. The van der Waals surface area contributed by atoms with E-state index in [1.807, 2.05) is 25.7 Å². The van der Waals surface area contributed by atoms with Crippen LogP contribution in [0.3, 0.4) is 0 Å². The monoisotopic (exact) mass is 321 g/mol. The highest BCUT2D eigenvalue weighted by atomic mass is 16.5. The Morgan fingerprint density at radius 2 is 2.09 bits per heavy atom. The lowest BCUT2D eigenvalue weighted by molar-refractivity contribution is -0.00704. The van der Waals surface area contributed by atoms with Gasteiger partial charge in [-0.2, -0.15) is 5.10 Å². The van der Waals surface area contributed by atoms with Gasteiger partial charge in [-0.15, -0.1) is 0 Å². The summed E-state index contributed by atoms with van der Waals surface area (Å²) in [7, 11) is 0. The molecule has 6 nitrogen and oxygen atoms in total. The maximum absolute atomic E-state index is 13.0. The van der Waals surface area contributed by atoms with Gasteiger partial charge >= 0.3 is 0 Å². The van der Waals surface area contributed by atoms with Gasteiger partial charge in [0.15, 0.2) is 5.69 Å². The standard InChI is InChI=1S/C17H27N3O3/c1-4-20(10-13-5-7-22-8-6-13)17(21)16-14-9-11(2)23-12(3)15(14)18-19-16/h11-13H,4-10H2,1-3H3,(H,18,19)/t11-,12+/m0/s1. The maximum atomic E-state index is 13.0. The van der Waals surface area contributed by atoms with Crippen molar-refractivity contribution in [3.05, 3.63) is 17.0 Å². The fraction of sp³-hybridized carbons (Fsp3) is 0.765. The van der Waals surface area contributed by atoms with Crippen molar-refractivity contribution < 1.29 is 14.3 Å². The van der Waals surface area contributed by atoms with Crippen molar-refractivity contribution in [2.45, 2.75) is 52.2 Å². The van der Waals surface area contributed by atoms with Gasteiger partial charge in [0.05, 0.1) is 17.9 Å². The molecule has 2 aliphatic heterocycles. The first-order valence-corrected chi connectivity index (χ1v) is 8.69. The lowest BCUT2D eigenvalue weighted by Gasteiger charge is -2.29. The highest BCUT2D eigenvalue weighted by molar-refractivity contribution is 5.94. The SMILES string of the molecule is CCN(CC1CCOCC1)C(=O)c1n[nH]c2c1C[C@H](C)O[C@@H]2C. The largest absolute Gasteiger partial charge is 0.381 e. The number of carbonyl (C=O) groups is 1. The molecule has 3 rings (SSSR count). The Morgan fingerprint density at radius 1 is 1.35 bits per heavy atom. The first kappa shape index (κ1) is 16.5. The van der Waals surface area contributed by atoms with Crippen LogP contribution in [-0.2, 0) is 15.9 Å². The lowest BCUT2D eigenvalue weighted by Crippen LogP contribution is -2.38. The van der Waals surface area contributed by atoms with Crippen molar-refractivity contribution >= 4 is 5.91 Å². The predicted molar refractivity (Wildman–Crippen MR) is 86.4 cm³/mol. The van der Waals surface area contributed by atoms with Crippen molar-refractivity contribution in [1.82, 2.24) is 15.1 Å². The first-order chi connectivity index (χ1) is 11.1. The molecule has 1 aromatic heterocycles. The number of amides is 1. The average Bonchev–Trinajstić information content (AvgIpc) is 2.97. The number of aromatic amines is 1. The molecule has 1 aromatic rings. The van der Waals surface area contributed by atoms with Crippen LogP contribution in [0.25, 0.3) is 0 Å². The van der Waals surface area contributed by atoms with Crippen LogP contribution in [0.4, 0.5) is 0 Å². The molecule has 0 aliphatic carbocycles. The number of nitrogens with zero attached hydrogens (tertiary/aromatic N) is 2. The van der Waals surface area contributed by atoms with E-state index >= 15 is 0 Å². The van der Waals surface area contributed by atoms with Crippen molar-refractivity contribution in [1.29, 1.82) is 0 Å². The van der Waals surface area contributed by atoms with Crippen LogP contribution < -0.4 is 0 Å². The van der Waals surface area contributed by atoms with E-state index in [-0.39, 0.29) is 18.1 Å². The Labute approximate surface area is 137 Å². The molecule has 0 bridgehead atoms. The van der Waals surface area contributed by atoms with E-state index in [2.05, 4.69) is 10.2 Å². The minimum Gasteiger partial charge on any atom is -0.381 e. The molecule has 6 heteroatoms. The summed E-state index contributed by atoms with van der Waals surface area (Å²) in [5.74, 6) is 0.571. The van der Waals surface area contributed by atoms with E-state index in [1.165, 1.54) is 0 Å². The lowest BCUT2D eigenvalue weighted by atomic mass is 9.97. The Balaban J connectivity index is 1.76. The second-order valence-corrected chi connectivity index (χ2v) is 6.66. The van der Waals surface area contributed by atoms with Crippen LogP contribution >= 0.6 is 0 Å². The molecule has 0 saturated carbocycles. The number of hydrogen-bond acceptors (Lipinski definition) is 4. The van der Waals surface area contributed by atoms with Crippen LogP contribution in [0.15, 0.2) is 0 Å². The molecule has 0 radical (unpaired) electrons. The third kappa shape index (κ3) is 3.43. The number of fused-ring (bicyclic) bond motifs is 1. The van der Waals surface area contributed by atoms with Crippen molar-refractivity contribution in [3.63, 3.8) is 0 Å². The number of H-pyrrole nitrogens is 1. The molecule has 128 valence electrons. The van der Waals surface area contributed by atoms with Crippen LogP contribution in [-0.4, -0.2) is 53.4 Å². The highest BCUT2D eigenvalue weighted by Gasteiger charge is 2.31. The molecular formula is C17H27N3O3. The second-order valence-electron chi connectivity index (χ2n) is 6.66. The van der Waals surface area contributed by atoms with Gasteiger partial charge in [-0.25, -0.2) is 0 Å². The van der Waals surface area contributed by atoms with Crippen LogP contribution in [0.2, 0.25) is 0 Å². The number of hydrogen-bond donors (Lipinski definition) is 1. The van der Waals surface area contributed by atoms with E-state index in [0.29, 0.717) is 18.2 Å².